The lowest BCUT2D eigenvalue weighted by Gasteiger charge is -2.13. The number of nitrogens with zero attached hydrogens (tertiary/aromatic N) is 3. The van der Waals surface area contributed by atoms with Crippen molar-refractivity contribution >= 4 is 50.7 Å². The Morgan fingerprint density at radius 2 is 1.84 bits per heavy atom. The second-order valence-electron chi connectivity index (χ2n) is 8.85. The Morgan fingerprint density at radius 1 is 1.11 bits per heavy atom. The van der Waals surface area contributed by atoms with Gasteiger partial charge in [0.1, 0.15) is 4.83 Å². The van der Waals surface area contributed by atoms with Crippen LogP contribution in [0.2, 0.25) is 5.02 Å². The zero-order valence-electron chi connectivity index (χ0n) is 21.2. The lowest BCUT2D eigenvalue weighted by molar-refractivity contribution is 0.102. The maximum Gasteiger partial charge on any atom is 0.268 e. The van der Waals surface area contributed by atoms with Crippen molar-refractivity contribution in [3.63, 3.8) is 0 Å². The van der Waals surface area contributed by atoms with Crippen LogP contribution in [0.15, 0.2) is 76.0 Å². The van der Waals surface area contributed by atoms with Crippen LogP contribution in [0, 0.1) is 13.8 Å². The Hall–Kier alpha value is -3.17. The van der Waals surface area contributed by atoms with E-state index in [1.165, 1.54) is 23.1 Å². The van der Waals surface area contributed by atoms with Crippen LogP contribution in [0.25, 0.3) is 27.0 Å². The van der Waals surface area contributed by atoms with Crippen molar-refractivity contribution in [1.82, 2.24) is 14.1 Å². The van der Waals surface area contributed by atoms with Crippen molar-refractivity contribution < 1.29 is 9.53 Å². The highest BCUT2D eigenvalue weighted by Gasteiger charge is 2.21. The third kappa shape index (κ3) is 5.09. The molecule has 194 valence electrons. The first-order valence-corrected chi connectivity index (χ1v) is 14.3. The summed E-state index contributed by atoms with van der Waals surface area (Å²) in [5.41, 5.74) is 4.87. The van der Waals surface area contributed by atoms with Gasteiger partial charge in [-0.3, -0.25) is 14.2 Å². The molecule has 5 rings (SSSR count). The maximum atomic E-state index is 14.0. The lowest BCUT2D eigenvalue weighted by Crippen LogP contribution is -2.22. The van der Waals surface area contributed by atoms with E-state index < -0.39 is 0 Å². The summed E-state index contributed by atoms with van der Waals surface area (Å²) in [6.07, 6.45) is 0. The molecular weight excluding hydrogens is 538 g/mol. The number of rotatable bonds is 9. The van der Waals surface area contributed by atoms with Crippen molar-refractivity contribution in [2.75, 3.05) is 19.5 Å². The number of ether oxygens (including phenoxy) is 1. The van der Waals surface area contributed by atoms with Crippen LogP contribution in [0.5, 0.6) is 0 Å². The predicted molar refractivity (Wildman–Crippen MR) is 156 cm³/mol. The van der Waals surface area contributed by atoms with Crippen LogP contribution in [0.4, 0.5) is 0 Å². The second kappa shape index (κ2) is 11.3. The highest BCUT2D eigenvalue weighted by Crippen LogP contribution is 2.33. The SMILES string of the molecule is COCCn1c(C)cc(C(=O)CSc2nc3scc(-c4ccc(Cl)cc4)c3c(=O)n2-c2ccccc2)c1C. The molecule has 0 aliphatic heterocycles. The van der Waals surface area contributed by atoms with Gasteiger partial charge in [-0.2, -0.15) is 0 Å². The molecule has 0 bridgehead atoms. The molecule has 3 heterocycles. The molecule has 0 unspecified atom stereocenters. The number of thioether (sulfide) groups is 1. The smallest absolute Gasteiger partial charge is 0.268 e. The largest absolute Gasteiger partial charge is 0.383 e. The van der Waals surface area contributed by atoms with Crippen molar-refractivity contribution in [3.05, 3.63) is 98.4 Å². The Labute approximate surface area is 233 Å². The molecule has 0 radical (unpaired) electrons. The zero-order chi connectivity index (χ0) is 26.8. The number of aromatic nitrogens is 3. The van der Waals surface area contributed by atoms with E-state index in [0.29, 0.717) is 44.8 Å². The monoisotopic (exact) mass is 563 g/mol. The van der Waals surface area contributed by atoms with Crippen LogP contribution in [-0.4, -0.2) is 39.4 Å². The van der Waals surface area contributed by atoms with E-state index in [4.69, 9.17) is 21.3 Å². The number of methoxy groups -OCH3 is 1. The molecule has 0 atom stereocenters. The minimum Gasteiger partial charge on any atom is -0.383 e. The van der Waals surface area contributed by atoms with E-state index in [1.54, 1.807) is 11.7 Å². The molecule has 6 nitrogen and oxygen atoms in total. The van der Waals surface area contributed by atoms with E-state index in [0.717, 1.165) is 22.5 Å². The van der Waals surface area contributed by atoms with Crippen molar-refractivity contribution in [3.8, 4) is 16.8 Å². The Kier molecular flexibility index (Phi) is 7.85. The second-order valence-corrected chi connectivity index (χ2v) is 11.1. The van der Waals surface area contributed by atoms with Gasteiger partial charge in [-0.15, -0.1) is 11.3 Å². The normalized spacial score (nSPS) is 11.4. The number of carbonyl (C=O) groups excluding carboxylic acids is 1. The maximum absolute atomic E-state index is 14.0. The van der Waals surface area contributed by atoms with E-state index in [-0.39, 0.29) is 17.1 Å². The topological polar surface area (TPSA) is 66.1 Å². The van der Waals surface area contributed by atoms with E-state index in [9.17, 15) is 9.59 Å². The van der Waals surface area contributed by atoms with Crippen LogP contribution in [0.3, 0.4) is 0 Å². The Bertz CT molecular complexity index is 1670. The molecule has 0 aliphatic carbocycles. The predicted octanol–water partition coefficient (Wildman–Crippen LogP) is 6.81. The van der Waals surface area contributed by atoms with Crippen LogP contribution >= 0.6 is 34.7 Å². The highest BCUT2D eigenvalue weighted by molar-refractivity contribution is 7.99. The standard InChI is InChI=1S/C29H26ClN3O3S2/c1-18-15-23(19(2)32(18)13-14-36-3)25(34)17-38-29-31-27-26(28(35)33(29)22-7-5-4-6-8-22)24(16-37-27)20-9-11-21(30)12-10-20/h4-12,15-16H,13-14,17H2,1-3H3. The summed E-state index contributed by atoms with van der Waals surface area (Å²) in [5, 5.41) is 3.63. The minimum atomic E-state index is -0.167. The molecule has 0 aliphatic rings. The van der Waals surface area contributed by atoms with Gasteiger partial charge in [-0.25, -0.2) is 4.98 Å². The van der Waals surface area contributed by atoms with Gasteiger partial charge in [0.05, 0.1) is 23.4 Å². The Morgan fingerprint density at radius 3 is 2.55 bits per heavy atom. The summed E-state index contributed by atoms with van der Waals surface area (Å²) in [6.45, 7) is 5.21. The molecule has 5 aromatic rings. The number of hydrogen-bond acceptors (Lipinski definition) is 6. The molecule has 0 N–H and O–H groups in total. The molecule has 0 amide bonds. The molecule has 38 heavy (non-hydrogen) atoms. The van der Waals surface area contributed by atoms with Gasteiger partial charge in [-0.05, 0) is 49.7 Å². The molecule has 2 aromatic carbocycles. The van der Waals surface area contributed by atoms with Crippen LogP contribution in [0.1, 0.15) is 21.7 Å². The molecule has 9 heteroatoms. The van der Waals surface area contributed by atoms with Crippen molar-refractivity contribution in [2.24, 2.45) is 0 Å². The van der Waals surface area contributed by atoms with Crippen molar-refractivity contribution in [2.45, 2.75) is 25.5 Å². The van der Waals surface area contributed by atoms with E-state index in [2.05, 4.69) is 4.57 Å². The van der Waals surface area contributed by atoms with Gasteiger partial charge in [-0.1, -0.05) is 53.7 Å². The molecule has 0 saturated heterocycles. The number of halogens is 1. The molecule has 0 spiro atoms. The number of Topliss-reactive ketones (excluding diaryl/α,β-unsaturated/α-hetero) is 1. The quantitative estimate of drug-likeness (QED) is 0.112. The lowest BCUT2D eigenvalue weighted by atomic mass is 10.1. The average Bonchev–Trinajstić information content (AvgIpc) is 3.47. The molecule has 0 fully saturated rings. The molecule has 0 saturated carbocycles. The van der Waals surface area contributed by atoms with Gasteiger partial charge in [0.15, 0.2) is 10.9 Å². The number of ketones is 1. The summed E-state index contributed by atoms with van der Waals surface area (Å²) in [5.74, 6) is 0.156. The third-order valence-electron chi connectivity index (χ3n) is 6.47. The van der Waals surface area contributed by atoms with Crippen molar-refractivity contribution in [1.29, 1.82) is 0 Å². The van der Waals surface area contributed by atoms with Gasteiger partial charge < -0.3 is 9.30 Å². The van der Waals surface area contributed by atoms with Gasteiger partial charge >= 0.3 is 0 Å². The minimum absolute atomic E-state index is 0.00578. The highest BCUT2D eigenvalue weighted by atomic mass is 35.5. The van der Waals surface area contributed by atoms with Crippen LogP contribution in [-0.2, 0) is 11.3 Å². The molecule has 3 aromatic heterocycles. The number of fused-ring (bicyclic) bond motifs is 1. The summed E-state index contributed by atoms with van der Waals surface area (Å²) < 4.78 is 8.91. The third-order valence-corrected chi connectivity index (χ3v) is 8.53. The van der Waals surface area contributed by atoms with Gasteiger partial charge in [0.25, 0.3) is 5.56 Å². The van der Waals surface area contributed by atoms with Gasteiger partial charge in [0.2, 0.25) is 0 Å². The first-order chi connectivity index (χ1) is 18.4. The summed E-state index contributed by atoms with van der Waals surface area (Å²) in [4.78, 5) is 32.8. The fraction of sp³-hybridized carbons (Fsp3) is 0.207. The van der Waals surface area contributed by atoms with E-state index in [1.807, 2.05) is 79.9 Å². The number of thiophene rings is 1. The Balaban J connectivity index is 1.54. The number of aryl methyl sites for hydroxylation is 1. The number of para-hydroxylation sites is 1. The van der Waals surface area contributed by atoms with Crippen LogP contribution < -0.4 is 5.56 Å². The zero-order valence-corrected chi connectivity index (χ0v) is 23.6. The van der Waals surface area contributed by atoms with E-state index >= 15 is 0 Å². The fourth-order valence-electron chi connectivity index (χ4n) is 4.53. The summed E-state index contributed by atoms with van der Waals surface area (Å²) in [6, 6.07) is 18.8. The number of carbonyl (C=O) groups is 1. The van der Waals surface area contributed by atoms with Gasteiger partial charge in [0, 0.05) is 46.6 Å². The first-order valence-electron chi connectivity index (χ1n) is 12.1. The number of hydrogen-bond donors (Lipinski definition) is 0. The average molecular weight is 564 g/mol. The number of benzene rings is 2. The summed E-state index contributed by atoms with van der Waals surface area (Å²) >= 11 is 8.78. The first kappa shape index (κ1) is 26.4. The summed E-state index contributed by atoms with van der Waals surface area (Å²) in [7, 11) is 1.67. The fourth-order valence-corrected chi connectivity index (χ4v) is 6.54. The molecular formula is C29H26ClN3O3S2.